The fraction of sp³-hybridized carbons (Fsp3) is 0.217. The molecule has 1 atom stereocenters. The molecule has 1 aliphatic rings. The molecular weight excluding hydrogens is 421 g/mol. The molecule has 0 unspecified atom stereocenters. The van der Waals surface area contributed by atoms with Gasteiger partial charge in [-0.2, -0.15) is 5.26 Å². The maximum atomic E-state index is 14.2. The molecule has 1 fully saturated rings. The topological polar surface area (TPSA) is 86.1 Å². The van der Waals surface area contributed by atoms with Crippen LogP contribution in [-0.4, -0.2) is 46.8 Å². The maximum absolute atomic E-state index is 14.2. The molecule has 32 heavy (non-hydrogen) atoms. The maximum Gasteiger partial charge on any atom is 0.268 e. The monoisotopic (exact) mass is 438 g/mol. The zero-order chi connectivity index (χ0) is 22.9. The molecule has 1 saturated heterocycles. The average Bonchev–Trinajstić information content (AvgIpc) is 3.12. The summed E-state index contributed by atoms with van der Waals surface area (Å²) in [6.45, 7) is -1.40. The molecule has 3 aromatic rings. The van der Waals surface area contributed by atoms with Crippen LogP contribution in [0.15, 0.2) is 54.9 Å². The van der Waals surface area contributed by atoms with Gasteiger partial charge in [-0.15, -0.1) is 0 Å². The number of fused-ring (bicyclic) bond motifs is 1. The number of amides is 2. The van der Waals surface area contributed by atoms with Gasteiger partial charge in [-0.3, -0.25) is 14.6 Å². The summed E-state index contributed by atoms with van der Waals surface area (Å²) in [5, 5.41) is 12.4. The van der Waals surface area contributed by atoms with E-state index >= 15 is 0 Å². The highest BCUT2D eigenvalue weighted by atomic mass is 19.3. The van der Waals surface area contributed by atoms with Crippen LogP contribution < -0.4 is 5.32 Å². The zero-order valence-electron chi connectivity index (χ0n) is 16.7. The number of carbonyl (C=O) groups excluding carboxylic acids is 2. The molecule has 0 aliphatic carbocycles. The molecule has 4 rings (SSSR count). The molecule has 2 aromatic carbocycles. The van der Waals surface area contributed by atoms with E-state index in [2.05, 4.69) is 10.3 Å². The second kappa shape index (κ2) is 8.30. The summed E-state index contributed by atoms with van der Waals surface area (Å²) < 4.78 is 41.4. The van der Waals surface area contributed by atoms with Gasteiger partial charge in [0.25, 0.3) is 11.8 Å². The van der Waals surface area contributed by atoms with E-state index in [0.717, 1.165) is 4.90 Å². The second-order valence-corrected chi connectivity index (χ2v) is 7.47. The van der Waals surface area contributed by atoms with Gasteiger partial charge in [0.05, 0.1) is 24.7 Å². The Morgan fingerprint density at radius 2 is 1.91 bits per heavy atom. The van der Waals surface area contributed by atoms with Gasteiger partial charge in [-0.1, -0.05) is 30.3 Å². The Labute approximate surface area is 181 Å². The number of aromatic nitrogens is 1. The highest BCUT2D eigenvalue weighted by molar-refractivity contribution is 6.06. The second-order valence-electron chi connectivity index (χ2n) is 7.47. The van der Waals surface area contributed by atoms with Gasteiger partial charge in [0.2, 0.25) is 5.91 Å². The summed E-state index contributed by atoms with van der Waals surface area (Å²) in [7, 11) is 0. The van der Waals surface area contributed by atoms with E-state index in [1.54, 1.807) is 36.4 Å². The van der Waals surface area contributed by atoms with Crippen LogP contribution in [0.5, 0.6) is 0 Å². The number of halogens is 3. The summed E-state index contributed by atoms with van der Waals surface area (Å²) in [6.07, 6.45) is 2.14. The third-order valence-electron chi connectivity index (χ3n) is 5.36. The molecule has 0 radical (unpaired) electrons. The van der Waals surface area contributed by atoms with Crippen LogP contribution in [0, 0.1) is 17.1 Å². The lowest BCUT2D eigenvalue weighted by atomic mass is 9.95. The first-order valence-electron chi connectivity index (χ1n) is 9.77. The van der Waals surface area contributed by atoms with Gasteiger partial charge < -0.3 is 10.2 Å². The van der Waals surface area contributed by atoms with Gasteiger partial charge >= 0.3 is 0 Å². The highest BCUT2D eigenvalue weighted by Gasteiger charge is 2.47. The number of hydrogen-bond acceptors (Lipinski definition) is 4. The molecule has 9 heteroatoms. The number of likely N-dealkylation sites (tertiary alicyclic amines) is 1. The smallest absolute Gasteiger partial charge is 0.268 e. The number of carbonyl (C=O) groups is 2. The Balaban J connectivity index is 1.58. The number of alkyl halides is 2. The number of pyridine rings is 1. The van der Waals surface area contributed by atoms with Gasteiger partial charge in [0.15, 0.2) is 0 Å². The summed E-state index contributed by atoms with van der Waals surface area (Å²) in [5.74, 6) is -4.94. The summed E-state index contributed by atoms with van der Waals surface area (Å²) >= 11 is 0. The van der Waals surface area contributed by atoms with Crippen LogP contribution >= 0.6 is 0 Å². The van der Waals surface area contributed by atoms with E-state index < -0.39 is 49.1 Å². The van der Waals surface area contributed by atoms with Crippen molar-refractivity contribution in [1.29, 1.82) is 5.26 Å². The van der Waals surface area contributed by atoms with E-state index in [-0.39, 0.29) is 5.56 Å². The molecule has 1 N–H and O–H groups in total. The molecule has 162 valence electrons. The van der Waals surface area contributed by atoms with E-state index in [1.165, 1.54) is 24.5 Å². The minimum absolute atomic E-state index is 0.188. The lowest BCUT2D eigenvalue weighted by molar-refractivity contribution is -0.131. The minimum atomic E-state index is -3.14. The standard InChI is InChI=1S/C23H17F3N4O2/c24-20-6-2-4-15-16(3-1-5-17(15)20)19-11-28-8-7-18(19)22(32)29-12-21(31)30-13-23(25,26)9-14(30)10-27/h1-8,11,14H,9,12-13H2,(H,29,32)/t14-/m0/s1. The molecule has 0 bridgehead atoms. The molecule has 2 heterocycles. The van der Waals surface area contributed by atoms with Crippen molar-refractivity contribution >= 4 is 22.6 Å². The Morgan fingerprint density at radius 3 is 2.69 bits per heavy atom. The van der Waals surface area contributed by atoms with E-state index in [1.807, 2.05) is 0 Å². The summed E-state index contributed by atoms with van der Waals surface area (Å²) in [6, 6.07) is 11.5. The normalized spacial score (nSPS) is 17.2. The predicted molar refractivity (Wildman–Crippen MR) is 110 cm³/mol. The van der Waals surface area contributed by atoms with Gasteiger partial charge in [-0.25, -0.2) is 13.2 Å². The van der Waals surface area contributed by atoms with Crippen molar-refractivity contribution in [3.63, 3.8) is 0 Å². The highest BCUT2D eigenvalue weighted by Crippen LogP contribution is 2.33. The Bertz CT molecular complexity index is 1260. The Kier molecular flexibility index (Phi) is 5.53. The van der Waals surface area contributed by atoms with Crippen LogP contribution in [0.2, 0.25) is 0 Å². The SMILES string of the molecule is N#C[C@@H]1CC(F)(F)CN1C(=O)CNC(=O)c1ccncc1-c1cccc2c(F)cccc12. The van der Waals surface area contributed by atoms with Crippen LogP contribution in [0.4, 0.5) is 13.2 Å². The summed E-state index contributed by atoms with van der Waals surface area (Å²) in [4.78, 5) is 30.1. The number of rotatable bonds is 4. The van der Waals surface area contributed by atoms with E-state index in [4.69, 9.17) is 5.26 Å². The average molecular weight is 438 g/mol. The predicted octanol–water partition coefficient (Wildman–Crippen LogP) is 3.53. The number of benzene rings is 2. The molecule has 6 nitrogen and oxygen atoms in total. The van der Waals surface area contributed by atoms with E-state index in [0.29, 0.717) is 21.9 Å². The molecular formula is C23H17F3N4O2. The third-order valence-corrected chi connectivity index (χ3v) is 5.36. The van der Waals surface area contributed by atoms with Crippen molar-refractivity contribution in [1.82, 2.24) is 15.2 Å². The van der Waals surface area contributed by atoms with Crippen molar-refractivity contribution in [3.8, 4) is 17.2 Å². The van der Waals surface area contributed by atoms with Crippen molar-refractivity contribution in [2.75, 3.05) is 13.1 Å². The first-order chi connectivity index (χ1) is 15.3. The number of nitriles is 1. The quantitative estimate of drug-likeness (QED) is 0.675. The Morgan fingerprint density at radius 1 is 1.16 bits per heavy atom. The molecule has 2 amide bonds. The lowest BCUT2D eigenvalue weighted by Gasteiger charge is -2.19. The molecule has 1 aromatic heterocycles. The molecule has 0 saturated carbocycles. The zero-order valence-corrected chi connectivity index (χ0v) is 16.7. The van der Waals surface area contributed by atoms with Crippen LogP contribution in [-0.2, 0) is 4.79 Å². The summed E-state index contributed by atoms with van der Waals surface area (Å²) in [5.41, 5.74) is 1.19. The van der Waals surface area contributed by atoms with Gasteiger partial charge in [-0.05, 0) is 23.1 Å². The van der Waals surface area contributed by atoms with Crippen LogP contribution in [0.3, 0.4) is 0 Å². The van der Waals surface area contributed by atoms with Crippen LogP contribution in [0.1, 0.15) is 16.8 Å². The molecule has 0 spiro atoms. The van der Waals surface area contributed by atoms with Crippen molar-refractivity contribution < 1.29 is 22.8 Å². The fourth-order valence-electron chi connectivity index (χ4n) is 3.86. The van der Waals surface area contributed by atoms with Gasteiger partial charge in [0.1, 0.15) is 11.9 Å². The minimum Gasteiger partial charge on any atom is -0.343 e. The van der Waals surface area contributed by atoms with Gasteiger partial charge in [0, 0.05) is 29.8 Å². The number of hydrogen-bond donors (Lipinski definition) is 1. The van der Waals surface area contributed by atoms with Crippen molar-refractivity contribution in [3.05, 3.63) is 66.2 Å². The number of nitrogens with zero attached hydrogens (tertiary/aromatic N) is 3. The molecule has 1 aliphatic heterocycles. The first-order valence-corrected chi connectivity index (χ1v) is 9.77. The van der Waals surface area contributed by atoms with Crippen LogP contribution in [0.25, 0.3) is 21.9 Å². The Hall–Kier alpha value is -3.93. The van der Waals surface area contributed by atoms with E-state index in [9.17, 15) is 22.8 Å². The fourth-order valence-corrected chi connectivity index (χ4v) is 3.86. The number of nitrogens with one attached hydrogen (secondary N) is 1. The lowest BCUT2D eigenvalue weighted by Crippen LogP contribution is -2.43. The van der Waals surface area contributed by atoms with Crippen molar-refractivity contribution in [2.24, 2.45) is 0 Å². The largest absolute Gasteiger partial charge is 0.343 e. The third kappa shape index (κ3) is 3.99. The van der Waals surface area contributed by atoms with Crippen molar-refractivity contribution in [2.45, 2.75) is 18.4 Å². The first kappa shape index (κ1) is 21.3.